The average molecular weight is 287 g/mol. The molecular weight excluding hydrogens is 277 g/mol. The van der Waals surface area contributed by atoms with Crippen molar-refractivity contribution in [3.8, 4) is 0 Å². The standard InChI is InChI=1S/C13H10FN5O2/c14-9-3-1-2-8(4-9)5-11-16-13(19-18-11)17-12(20)10-6-21-7-15-10/h1-4,6-7H,5H2,(H2,16,17,18,19,20). The summed E-state index contributed by atoms with van der Waals surface area (Å²) in [5.41, 5.74) is 0.881. The number of anilines is 1. The van der Waals surface area contributed by atoms with E-state index in [2.05, 4.69) is 25.5 Å². The molecule has 0 atom stereocenters. The molecular formula is C13H10FN5O2. The monoisotopic (exact) mass is 287 g/mol. The number of halogens is 1. The lowest BCUT2D eigenvalue weighted by molar-refractivity contribution is 0.102. The molecule has 2 heterocycles. The number of rotatable bonds is 4. The van der Waals surface area contributed by atoms with Crippen LogP contribution in [0, 0.1) is 5.82 Å². The van der Waals surface area contributed by atoms with Crippen LogP contribution in [-0.4, -0.2) is 26.1 Å². The van der Waals surface area contributed by atoms with Gasteiger partial charge in [0.1, 0.15) is 17.9 Å². The fraction of sp³-hybridized carbons (Fsp3) is 0.0769. The molecule has 0 unspecified atom stereocenters. The highest BCUT2D eigenvalue weighted by atomic mass is 19.1. The van der Waals surface area contributed by atoms with Gasteiger partial charge in [0, 0.05) is 6.42 Å². The zero-order chi connectivity index (χ0) is 14.7. The number of hydrogen-bond acceptors (Lipinski definition) is 5. The van der Waals surface area contributed by atoms with Crippen molar-refractivity contribution in [1.29, 1.82) is 0 Å². The van der Waals surface area contributed by atoms with Gasteiger partial charge in [-0.15, -0.1) is 5.10 Å². The smallest absolute Gasteiger partial charge is 0.280 e. The summed E-state index contributed by atoms with van der Waals surface area (Å²) in [5, 5.41) is 9.02. The van der Waals surface area contributed by atoms with Crippen molar-refractivity contribution < 1.29 is 13.6 Å². The molecule has 0 bridgehead atoms. The number of aromatic nitrogens is 4. The van der Waals surface area contributed by atoms with E-state index >= 15 is 0 Å². The van der Waals surface area contributed by atoms with Crippen LogP contribution < -0.4 is 5.32 Å². The normalized spacial score (nSPS) is 10.5. The number of benzene rings is 1. The van der Waals surface area contributed by atoms with E-state index in [1.807, 2.05) is 0 Å². The highest BCUT2D eigenvalue weighted by molar-refractivity contribution is 6.01. The first-order valence-corrected chi connectivity index (χ1v) is 6.06. The third kappa shape index (κ3) is 3.11. The Kier molecular flexibility index (Phi) is 3.42. The van der Waals surface area contributed by atoms with Crippen LogP contribution in [0.5, 0.6) is 0 Å². The second-order valence-corrected chi connectivity index (χ2v) is 4.24. The van der Waals surface area contributed by atoms with Gasteiger partial charge >= 0.3 is 0 Å². The summed E-state index contributed by atoms with van der Waals surface area (Å²) >= 11 is 0. The molecule has 1 amide bonds. The van der Waals surface area contributed by atoms with Crippen LogP contribution in [-0.2, 0) is 6.42 Å². The first kappa shape index (κ1) is 13.0. The van der Waals surface area contributed by atoms with Gasteiger partial charge < -0.3 is 4.42 Å². The molecule has 3 rings (SSSR count). The quantitative estimate of drug-likeness (QED) is 0.762. The Balaban J connectivity index is 1.68. The lowest BCUT2D eigenvalue weighted by Crippen LogP contribution is -2.13. The minimum absolute atomic E-state index is 0.120. The van der Waals surface area contributed by atoms with Crippen LogP contribution in [0.2, 0.25) is 0 Å². The van der Waals surface area contributed by atoms with Gasteiger partial charge in [-0.05, 0) is 17.7 Å². The molecule has 0 aliphatic heterocycles. The van der Waals surface area contributed by atoms with Crippen molar-refractivity contribution in [2.24, 2.45) is 0 Å². The van der Waals surface area contributed by atoms with Crippen LogP contribution >= 0.6 is 0 Å². The van der Waals surface area contributed by atoms with Crippen molar-refractivity contribution >= 4 is 11.9 Å². The van der Waals surface area contributed by atoms with Crippen LogP contribution in [0.1, 0.15) is 21.9 Å². The Bertz CT molecular complexity index is 754. The molecule has 0 aliphatic carbocycles. The summed E-state index contributed by atoms with van der Waals surface area (Å²) in [6.07, 6.45) is 2.75. The molecule has 0 saturated carbocycles. The van der Waals surface area contributed by atoms with Crippen LogP contribution in [0.3, 0.4) is 0 Å². The minimum Gasteiger partial charge on any atom is -0.451 e. The summed E-state index contributed by atoms with van der Waals surface area (Å²) in [6.45, 7) is 0. The van der Waals surface area contributed by atoms with Gasteiger partial charge in [0.2, 0.25) is 5.95 Å². The molecule has 0 aliphatic rings. The second kappa shape index (κ2) is 5.53. The van der Waals surface area contributed by atoms with E-state index in [9.17, 15) is 9.18 Å². The number of nitrogens with zero attached hydrogens (tertiary/aromatic N) is 3. The summed E-state index contributed by atoms with van der Waals surface area (Å²) in [5.74, 6) is -0.155. The topological polar surface area (TPSA) is 96.7 Å². The van der Waals surface area contributed by atoms with Crippen molar-refractivity contribution in [3.63, 3.8) is 0 Å². The van der Waals surface area contributed by atoms with Gasteiger partial charge in [-0.25, -0.2) is 9.37 Å². The van der Waals surface area contributed by atoms with Crippen LogP contribution in [0.15, 0.2) is 41.3 Å². The number of oxazole rings is 1. The molecule has 3 aromatic rings. The minimum atomic E-state index is -0.472. The van der Waals surface area contributed by atoms with Crippen molar-refractivity contribution in [2.75, 3.05) is 5.32 Å². The van der Waals surface area contributed by atoms with E-state index < -0.39 is 5.91 Å². The summed E-state index contributed by atoms with van der Waals surface area (Å²) in [7, 11) is 0. The van der Waals surface area contributed by atoms with Gasteiger partial charge in [0.25, 0.3) is 5.91 Å². The zero-order valence-electron chi connectivity index (χ0n) is 10.7. The Labute approximate surface area is 118 Å². The highest BCUT2D eigenvalue weighted by Gasteiger charge is 2.12. The van der Waals surface area contributed by atoms with E-state index in [0.29, 0.717) is 12.2 Å². The van der Waals surface area contributed by atoms with Gasteiger partial charge in [-0.3, -0.25) is 15.2 Å². The number of nitrogens with one attached hydrogen (secondary N) is 2. The van der Waals surface area contributed by atoms with Crippen LogP contribution in [0.4, 0.5) is 10.3 Å². The lowest BCUT2D eigenvalue weighted by atomic mass is 10.1. The van der Waals surface area contributed by atoms with Gasteiger partial charge in [0.05, 0.1) is 0 Å². The van der Waals surface area contributed by atoms with E-state index in [1.54, 1.807) is 12.1 Å². The summed E-state index contributed by atoms with van der Waals surface area (Å²) < 4.78 is 17.8. The molecule has 7 nitrogen and oxygen atoms in total. The molecule has 1 aromatic carbocycles. The average Bonchev–Trinajstić information content (AvgIpc) is 3.10. The molecule has 21 heavy (non-hydrogen) atoms. The maximum absolute atomic E-state index is 13.1. The van der Waals surface area contributed by atoms with E-state index in [-0.39, 0.29) is 17.5 Å². The number of H-pyrrole nitrogens is 1. The second-order valence-electron chi connectivity index (χ2n) is 4.24. The molecule has 2 aromatic heterocycles. The Morgan fingerprint density at radius 1 is 1.43 bits per heavy atom. The van der Waals surface area contributed by atoms with E-state index in [0.717, 1.165) is 12.0 Å². The first-order chi connectivity index (χ1) is 10.2. The fourth-order valence-corrected chi connectivity index (χ4v) is 1.76. The van der Waals surface area contributed by atoms with Crippen molar-refractivity contribution in [3.05, 3.63) is 59.8 Å². The van der Waals surface area contributed by atoms with Crippen molar-refractivity contribution in [2.45, 2.75) is 6.42 Å². The zero-order valence-corrected chi connectivity index (χ0v) is 10.7. The number of aromatic amines is 1. The predicted octanol–water partition coefficient (Wildman–Crippen LogP) is 1.77. The highest BCUT2D eigenvalue weighted by Crippen LogP contribution is 2.09. The largest absolute Gasteiger partial charge is 0.451 e. The maximum Gasteiger partial charge on any atom is 0.280 e. The van der Waals surface area contributed by atoms with E-state index in [1.165, 1.54) is 18.4 Å². The third-order valence-corrected chi connectivity index (χ3v) is 2.68. The summed E-state index contributed by atoms with van der Waals surface area (Å²) in [6, 6.07) is 6.18. The molecule has 0 saturated heterocycles. The molecule has 0 fully saturated rings. The van der Waals surface area contributed by atoms with Gasteiger partial charge in [-0.1, -0.05) is 12.1 Å². The lowest BCUT2D eigenvalue weighted by Gasteiger charge is -1.97. The molecule has 2 N–H and O–H groups in total. The molecule has 8 heteroatoms. The number of hydrogen-bond donors (Lipinski definition) is 2. The summed E-state index contributed by atoms with van der Waals surface area (Å²) in [4.78, 5) is 19.5. The first-order valence-electron chi connectivity index (χ1n) is 6.06. The maximum atomic E-state index is 13.1. The Morgan fingerprint density at radius 3 is 3.10 bits per heavy atom. The molecule has 106 valence electrons. The van der Waals surface area contributed by atoms with Gasteiger partial charge in [-0.2, -0.15) is 4.98 Å². The predicted molar refractivity (Wildman–Crippen MR) is 70.0 cm³/mol. The Hall–Kier alpha value is -3.03. The van der Waals surface area contributed by atoms with Crippen LogP contribution in [0.25, 0.3) is 0 Å². The van der Waals surface area contributed by atoms with E-state index in [4.69, 9.17) is 4.42 Å². The SMILES string of the molecule is O=C(Nc1n[nH]c(Cc2cccc(F)c2)n1)c1cocn1. The number of amides is 1. The Morgan fingerprint density at radius 2 is 2.33 bits per heavy atom. The number of carbonyl (C=O) groups is 1. The fourth-order valence-electron chi connectivity index (χ4n) is 1.76. The molecule has 0 radical (unpaired) electrons. The third-order valence-electron chi connectivity index (χ3n) is 2.68. The van der Waals surface area contributed by atoms with Crippen molar-refractivity contribution in [1.82, 2.24) is 20.2 Å². The number of carbonyl (C=O) groups excluding carboxylic acids is 1. The van der Waals surface area contributed by atoms with Gasteiger partial charge in [0.15, 0.2) is 12.1 Å². The molecule has 0 spiro atoms.